The predicted octanol–water partition coefficient (Wildman–Crippen LogP) is 3.58. The summed E-state index contributed by atoms with van der Waals surface area (Å²) in [6.45, 7) is 5.58. The Bertz CT molecular complexity index is 374. The van der Waals surface area contributed by atoms with Crippen LogP contribution in [0.25, 0.3) is 5.57 Å². The monoisotopic (exact) mass is 250 g/mol. The first-order chi connectivity index (χ1) is 8.69. The molecular weight excluding hydrogens is 231 g/mol. The smallest absolute Gasteiger partial charge is 0.142 e. The van der Waals surface area contributed by atoms with E-state index < -0.39 is 0 Å². The molecule has 0 radical (unpaired) electrons. The lowest BCUT2D eigenvalue weighted by Gasteiger charge is -2.03. The number of methoxy groups -OCH3 is 1. The molecule has 0 spiro atoms. The van der Waals surface area contributed by atoms with Crippen LogP contribution < -0.4 is 0 Å². The molecule has 1 aromatic carbocycles. The average molecular weight is 250 g/mol. The van der Waals surface area contributed by atoms with Crippen LogP contribution in [0, 0.1) is 0 Å². The van der Waals surface area contributed by atoms with Crippen molar-refractivity contribution in [2.45, 2.75) is 13.3 Å². The molecule has 0 amide bonds. The third-order valence-electron chi connectivity index (χ3n) is 2.26. The largest absolute Gasteiger partial charge is 0.384 e. The first-order valence-corrected chi connectivity index (χ1v) is 5.61. The van der Waals surface area contributed by atoms with Crippen molar-refractivity contribution in [1.29, 1.82) is 0 Å². The summed E-state index contributed by atoms with van der Waals surface area (Å²) in [5.74, 6) is 0. The summed E-state index contributed by atoms with van der Waals surface area (Å²) in [6.07, 6.45) is 3.36. The van der Waals surface area contributed by atoms with Gasteiger partial charge in [0, 0.05) is 7.11 Å². The second kappa shape index (κ2) is 10.4. The molecule has 0 atom stereocenters. The summed E-state index contributed by atoms with van der Waals surface area (Å²) in [7, 11) is 1.68. The number of aldehydes is 1. The molecular formula is C15H19FO2. The molecule has 0 unspecified atom stereocenters. The maximum absolute atomic E-state index is 12.2. The fourth-order valence-corrected chi connectivity index (χ4v) is 1.22. The summed E-state index contributed by atoms with van der Waals surface area (Å²) in [5.41, 5.74) is 2.79. The number of carbonyl (C=O) groups excluding carboxylic acids is 1. The zero-order valence-corrected chi connectivity index (χ0v) is 10.9. The number of hydrogen-bond donors (Lipinski definition) is 0. The Morgan fingerprint density at radius 2 is 1.94 bits per heavy atom. The van der Waals surface area contributed by atoms with Crippen LogP contribution in [0.1, 0.15) is 18.1 Å². The second-order valence-corrected chi connectivity index (χ2v) is 3.60. The van der Waals surface area contributed by atoms with Crippen LogP contribution >= 0.6 is 0 Å². The van der Waals surface area contributed by atoms with Gasteiger partial charge in [-0.15, -0.1) is 0 Å². The van der Waals surface area contributed by atoms with Gasteiger partial charge in [-0.1, -0.05) is 30.8 Å². The maximum atomic E-state index is 12.2. The van der Waals surface area contributed by atoms with Gasteiger partial charge in [0.1, 0.15) is 6.29 Å². The zero-order chi connectivity index (χ0) is 13.8. The highest BCUT2D eigenvalue weighted by Crippen LogP contribution is 2.14. The van der Waals surface area contributed by atoms with Crippen molar-refractivity contribution in [3.05, 3.63) is 54.4 Å². The minimum Gasteiger partial charge on any atom is -0.384 e. The molecule has 0 bridgehead atoms. The van der Waals surface area contributed by atoms with E-state index >= 15 is 0 Å². The van der Waals surface area contributed by atoms with Gasteiger partial charge in [-0.05, 0) is 36.1 Å². The fourth-order valence-electron chi connectivity index (χ4n) is 1.22. The zero-order valence-electron chi connectivity index (χ0n) is 10.9. The molecule has 0 fully saturated rings. The molecule has 0 N–H and O–H groups in total. The molecule has 0 aliphatic carbocycles. The lowest BCUT2D eigenvalue weighted by Crippen LogP contribution is -1.94. The van der Waals surface area contributed by atoms with Crippen LogP contribution in [-0.4, -0.2) is 20.0 Å². The third kappa shape index (κ3) is 6.76. The van der Waals surface area contributed by atoms with E-state index in [-0.39, 0.29) is 0 Å². The van der Waals surface area contributed by atoms with Gasteiger partial charge in [-0.2, -0.15) is 0 Å². The van der Waals surface area contributed by atoms with Gasteiger partial charge in [0.15, 0.2) is 0 Å². The van der Waals surface area contributed by atoms with Gasteiger partial charge < -0.3 is 4.74 Å². The highest BCUT2D eigenvalue weighted by molar-refractivity contribution is 5.63. The summed E-state index contributed by atoms with van der Waals surface area (Å²) in [5, 5.41) is 0. The van der Waals surface area contributed by atoms with Crippen molar-refractivity contribution >= 4 is 11.9 Å². The lowest BCUT2D eigenvalue weighted by molar-refractivity contribution is -0.104. The Kier molecular flexibility index (Phi) is 9.41. The van der Waals surface area contributed by atoms with E-state index in [1.54, 1.807) is 14.0 Å². The van der Waals surface area contributed by atoms with Crippen LogP contribution in [0.15, 0.2) is 43.3 Å². The highest BCUT2D eigenvalue weighted by Gasteiger charge is 1.96. The summed E-state index contributed by atoms with van der Waals surface area (Å²) in [6, 6.07) is 7.86. The molecule has 2 nitrogen and oxygen atoms in total. The molecule has 0 heterocycles. The first kappa shape index (κ1) is 16.3. The van der Waals surface area contributed by atoms with Crippen molar-refractivity contribution in [2.24, 2.45) is 0 Å². The molecule has 0 aliphatic heterocycles. The number of carbonyl (C=O) groups is 1. The topological polar surface area (TPSA) is 26.3 Å². The van der Waals surface area contributed by atoms with E-state index in [2.05, 4.69) is 6.58 Å². The Morgan fingerprint density at radius 1 is 1.39 bits per heavy atom. The number of rotatable bonds is 5. The van der Waals surface area contributed by atoms with Gasteiger partial charge in [-0.3, -0.25) is 4.79 Å². The van der Waals surface area contributed by atoms with Gasteiger partial charge in [0.2, 0.25) is 0 Å². The van der Waals surface area contributed by atoms with Crippen molar-refractivity contribution in [1.82, 2.24) is 0 Å². The molecule has 98 valence electrons. The number of hydrogen-bond acceptors (Lipinski definition) is 2. The van der Waals surface area contributed by atoms with E-state index in [1.165, 1.54) is 11.6 Å². The molecule has 1 rings (SSSR count). The van der Waals surface area contributed by atoms with Crippen molar-refractivity contribution in [3.63, 3.8) is 0 Å². The minimum absolute atomic E-state index is 0.629. The van der Waals surface area contributed by atoms with Crippen LogP contribution in [0.5, 0.6) is 0 Å². The molecule has 18 heavy (non-hydrogen) atoms. The molecule has 0 saturated carbocycles. The van der Waals surface area contributed by atoms with Crippen molar-refractivity contribution in [2.75, 3.05) is 13.7 Å². The Morgan fingerprint density at radius 3 is 2.33 bits per heavy atom. The number of benzene rings is 1. The molecule has 1 aromatic rings. The van der Waals surface area contributed by atoms with Crippen LogP contribution in [0.2, 0.25) is 0 Å². The molecule has 3 heteroatoms. The molecule has 0 aliphatic rings. The lowest BCUT2D eigenvalue weighted by atomic mass is 10.1. The third-order valence-corrected chi connectivity index (χ3v) is 2.26. The van der Waals surface area contributed by atoms with E-state index in [4.69, 9.17) is 9.53 Å². The summed E-state index contributed by atoms with van der Waals surface area (Å²) >= 11 is 0. The Balaban J connectivity index is 0.000000631. The first-order valence-electron chi connectivity index (χ1n) is 5.61. The summed E-state index contributed by atoms with van der Waals surface area (Å²) in [4.78, 5) is 9.06. The van der Waals surface area contributed by atoms with Crippen LogP contribution in [-0.2, 0) is 16.0 Å². The fraction of sp³-hybridized carbons (Fsp3) is 0.267. The van der Waals surface area contributed by atoms with Crippen LogP contribution in [0.4, 0.5) is 4.39 Å². The average Bonchev–Trinajstić information content (AvgIpc) is 2.45. The number of allylic oxidation sites excluding steroid dienone is 2. The van der Waals surface area contributed by atoms with E-state index in [1.807, 2.05) is 24.3 Å². The Hall–Kier alpha value is -1.74. The van der Waals surface area contributed by atoms with E-state index in [0.29, 0.717) is 18.2 Å². The highest BCUT2D eigenvalue weighted by atomic mass is 19.1. The summed E-state index contributed by atoms with van der Waals surface area (Å²) < 4.78 is 17.2. The van der Waals surface area contributed by atoms with Crippen LogP contribution in [0.3, 0.4) is 0 Å². The standard InChI is InChI=1S/C12H15FO.C3H4O/c1-10(9-13)12-5-3-11(4-6-12)7-8-14-2;1-2-3-4/h3-6,9H,7-8H2,1-2H3;2-3H,1H2/b10-9-;. The SMILES string of the molecule is C=CC=O.COCCc1ccc(/C(C)=C\F)cc1. The molecule has 0 aromatic heterocycles. The molecule has 0 saturated heterocycles. The van der Waals surface area contributed by atoms with Gasteiger partial charge in [0.05, 0.1) is 12.9 Å². The predicted molar refractivity (Wildman–Crippen MR) is 73.0 cm³/mol. The number of halogens is 1. The van der Waals surface area contributed by atoms with E-state index in [9.17, 15) is 4.39 Å². The maximum Gasteiger partial charge on any atom is 0.142 e. The number of ether oxygens (including phenoxy) is 1. The van der Waals surface area contributed by atoms with Crippen molar-refractivity contribution in [3.8, 4) is 0 Å². The Labute approximate surface area is 108 Å². The van der Waals surface area contributed by atoms with E-state index in [0.717, 1.165) is 18.6 Å². The van der Waals surface area contributed by atoms with Crippen molar-refractivity contribution < 1.29 is 13.9 Å². The second-order valence-electron chi connectivity index (χ2n) is 3.60. The van der Waals surface area contributed by atoms with Gasteiger partial charge >= 0.3 is 0 Å². The van der Waals surface area contributed by atoms with Gasteiger partial charge in [-0.25, -0.2) is 4.39 Å². The van der Waals surface area contributed by atoms with Gasteiger partial charge in [0.25, 0.3) is 0 Å². The normalized spacial score (nSPS) is 10.3. The quantitative estimate of drug-likeness (QED) is 0.590. The minimum atomic E-state index is 0.629.